The zero-order valence-electron chi connectivity index (χ0n) is 8.77. The Labute approximate surface area is 97.5 Å². The molecule has 0 radical (unpaired) electrons. The third kappa shape index (κ3) is 2.23. The summed E-state index contributed by atoms with van der Waals surface area (Å²) in [5, 5.41) is 2.74. The van der Waals surface area contributed by atoms with E-state index in [2.05, 4.69) is 0 Å². The Hall–Kier alpha value is -1.81. The first-order chi connectivity index (χ1) is 7.66. The third-order valence-electron chi connectivity index (χ3n) is 2.07. The number of primary amides is 1. The summed E-state index contributed by atoms with van der Waals surface area (Å²) in [6, 6.07) is 8.87. The van der Waals surface area contributed by atoms with E-state index in [4.69, 9.17) is 10.5 Å². The van der Waals surface area contributed by atoms with Crippen molar-refractivity contribution in [2.75, 3.05) is 0 Å². The quantitative estimate of drug-likeness (QED) is 0.886. The maximum Gasteiger partial charge on any atom is 0.252 e. The first kappa shape index (κ1) is 10.7. The first-order valence-electron chi connectivity index (χ1n) is 4.78. The highest BCUT2D eigenvalue weighted by Crippen LogP contribution is 2.30. The van der Waals surface area contributed by atoms with Crippen LogP contribution in [0.2, 0.25) is 0 Å². The molecule has 4 heteroatoms. The topological polar surface area (TPSA) is 52.3 Å². The molecule has 16 heavy (non-hydrogen) atoms. The normalized spacial score (nSPS) is 10.1. The molecule has 2 rings (SSSR count). The summed E-state index contributed by atoms with van der Waals surface area (Å²) >= 11 is 1.49. The number of hydrogen-bond donors (Lipinski definition) is 1. The van der Waals surface area contributed by atoms with E-state index in [1.54, 1.807) is 18.2 Å². The minimum Gasteiger partial charge on any atom is -0.446 e. The Balaban J connectivity index is 2.31. The Morgan fingerprint density at radius 2 is 2.12 bits per heavy atom. The molecule has 0 aliphatic heterocycles. The number of amides is 1. The second-order valence-electron chi connectivity index (χ2n) is 3.41. The number of aryl methyl sites for hydroxylation is 1. The molecule has 3 nitrogen and oxygen atoms in total. The molecule has 0 aliphatic rings. The Morgan fingerprint density at radius 3 is 2.75 bits per heavy atom. The average molecular weight is 233 g/mol. The fourth-order valence-electron chi connectivity index (χ4n) is 1.33. The number of rotatable bonds is 3. The molecule has 0 saturated carbocycles. The van der Waals surface area contributed by atoms with Crippen molar-refractivity contribution < 1.29 is 9.53 Å². The van der Waals surface area contributed by atoms with Crippen molar-refractivity contribution in [2.45, 2.75) is 6.92 Å². The van der Waals surface area contributed by atoms with Crippen molar-refractivity contribution in [3.63, 3.8) is 0 Å². The van der Waals surface area contributed by atoms with Gasteiger partial charge in [0.05, 0.1) is 5.56 Å². The minimum absolute atomic E-state index is 0.397. The molecule has 1 amide bonds. The third-order valence-corrected chi connectivity index (χ3v) is 2.99. The van der Waals surface area contributed by atoms with Crippen LogP contribution in [-0.2, 0) is 0 Å². The van der Waals surface area contributed by atoms with E-state index in [1.807, 2.05) is 24.4 Å². The highest BCUT2D eigenvalue weighted by molar-refractivity contribution is 7.12. The molecule has 0 saturated heterocycles. The van der Waals surface area contributed by atoms with Crippen LogP contribution in [-0.4, -0.2) is 5.91 Å². The summed E-state index contributed by atoms with van der Waals surface area (Å²) in [4.78, 5) is 11.2. The highest BCUT2D eigenvalue weighted by atomic mass is 32.1. The van der Waals surface area contributed by atoms with Gasteiger partial charge in [0.2, 0.25) is 0 Å². The monoisotopic (exact) mass is 233 g/mol. The van der Waals surface area contributed by atoms with Crippen molar-refractivity contribution in [1.82, 2.24) is 0 Å². The molecule has 0 fully saturated rings. The van der Waals surface area contributed by atoms with E-state index >= 15 is 0 Å². The van der Waals surface area contributed by atoms with Gasteiger partial charge in [-0.3, -0.25) is 4.79 Å². The molecular weight excluding hydrogens is 222 g/mol. The summed E-state index contributed by atoms with van der Waals surface area (Å²) in [7, 11) is 0. The van der Waals surface area contributed by atoms with E-state index in [0.29, 0.717) is 11.3 Å². The van der Waals surface area contributed by atoms with Gasteiger partial charge < -0.3 is 10.5 Å². The van der Waals surface area contributed by atoms with Gasteiger partial charge in [0.25, 0.3) is 5.91 Å². The van der Waals surface area contributed by atoms with Gasteiger partial charge >= 0.3 is 0 Å². The molecule has 0 unspecified atom stereocenters. The lowest BCUT2D eigenvalue weighted by Gasteiger charge is -2.06. The van der Waals surface area contributed by atoms with Gasteiger partial charge in [-0.05, 0) is 36.1 Å². The van der Waals surface area contributed by atoms with Crippen LogP contribution in [0.15, 0.2) is 35.7 Å². The van der Waals surface area contributed by atoms with Crippen molar-refractivity contribution in [1.29, 1.82) is 0 Å². The molecule has 0 atom stereocenters. The summed E-state index contributed by atoms with van der Waals surface area (Å²) in [5.41, 5.74) is 6.79. The summed E-state index contributed by atoms with van der Waals surface area (Å²) in [5.74, 6) is 0.0146. The van der Waals surface area contributed by atoms with Crippen molar-refractivity contribution in [2.24, 2.45) is 5.73 Å². The second kappa shape index (κ2) is 4.37. The fraction of sp³-hybridized carbons (Fsp3) is 0.0833. The maximum atomic E-state index is 11.2. The van der Waals surface area contributed by atoms with Crippen molar-refractivity contribution >= 4 is 17.2 Å². The summed E-state index contributed by atoms with van der Waals surface area (Å²) < 4.78 is 5.61. The first-order valence-corrected chi connectivity index (χ1v) is 5.66. The van der Waals surface area contributed by atoms with Crippen LogP contribution >= 0.6 is 11.3 Å². The Morgan fingerprint density at radius 1 is 1.38 bits per heavy atom. The van der Waals surface area contributed by atoms with Gasteiger partial charge in [-0.1, -0.05) is 12.1 Å². The maximum absolute atomic E-state index is 11.2. The molecule has 1 aromatic carbocycles. The van der Waals surface area contributed by atoms with E-state index in [-0.39, 0.29) is 0 Å². The minimum atomic E-state index is -0.483. The number of hydrogen-bond acceptors (Lipinski definition) is 3. The molecule has 1 heterocycles. The molecular formula is C12H11NO2S. The van der Waals surface area contributed by atoms with Crippen LogP contribution in [0, 0.1) is 6.92 Å². The number of carbonyl (C=O) groups is 1. The smallest absolute Gasteiger partial charge is 0.252 e. The molecule has 2 N–H and O–H groups in total. The molecule has 1 aromatic heterocycles. The predicted octanol–water partition coefficient (Wildman–Crippen LogP) is 2.95. The zero-order valence-corrected chi connectivity index (χ0v) is 9.58. The van der Waals surface area contributed by atoms with Crippen LogP contribution in [0.3, 0.4) is 0 Å². The fourth-order valence-corrected chi connectivity index (χ4v) is 2.09. The van der Waals surface area contributed by atoms with Crippen LogP contribution in [0.25, 0.3) is 0 Å². The summed E-state index contributed by atoms with van der Waals surface area (Å²) in [6.07, 6.45) is 0. The SMILES string of the molecule is Cc1csc(Oc2ccccc2C(N)=O)c1. The summed E-state index contributed by atoms with van der Waals surface area (Å²) in [6.45, 7) is 1.99. The van der Waals surface area contributed by atoms with Crippen LogP contribution in [0.5, 0.6) is 10.8 Å². The number of nitrogens with two attached hydrogens (primary N) is 1. The molecule has 0 aliphatic carbocycles. The van der Waals surface area contributed by atoms with Crippen LogP contribution < -0.4 is 10.5 Å². The second-order valence-corrected chi connectivity index (χ2v) is 4.28. The number of para-hydroxylation sites is 1. The Bertz CT molecular complexity index is 519. The number of thiophene rings is 1. The van der Waals surface area contributed by atoms with Crippen LogP contribution in [0.4, 0.5) is 0 Å². The van der Waals surface area contributed by atoms with Gasteiger partial charge in [-0.2, -0.15) is 0 Å². The highest BCUT2D eigenvalue weighted by Gasteiger charge is 2.09. The molecule has 0 bridgehead atoms. The zero-order chi connectivity index (χ0) is 11.5. The molecule has 2 aromatic rings. The van der Waals surface area contributed by atoms with Gasteiger partial charge in [-0.15, -0.1) is 11.3 Å². The average Bonchev–Trinajstić information content (AvgIpc) is 2.64. The number of carbonyl (C=O) groups excluding carboxylic acids is 1. The molecule has 82 valence electrons. The Kier molecular flexibility index (Phi) is 2.92. The van der Waals surface area contributed by atoms with Gasteiger partial charge in [0.1, 0.15) is 5.75 Å². The van der Waals surface area contributed by atoms with Gasteiger partial charge in [-0.25, -0.2) is 0 Å². The lowest BCUT2D eigenvalue weighted by atomic mass is 10.2. The van der Waals surface area contributed by atoms with Gasteiger partial charge in [0.15, 0.2) is 5.06 Å². The van der Waals surface area contributed by atoms with E-state index < -0.39 is 5.91 Å². The van der Waals surface area contributed by atoms with Crippen molar-refractivity contribution in [3.8, 4) is 10.8 Å². The predicted molar refractivity (Wildman–Crippen MR) is 64.1 cm³/mol. The number of benzene rings is 1. The van der Waals surface area contributed by atoms with Crippen molar-refractivity contribution in [3.05, 3.63) is 46.8 Å². The van der Waals surface area contributed by atoms with Crippen LogP contribution in [0.1, 0.15) is 15.9 Å². The molecule has 0 spiro atoms. The van der Waals surface area contributed by atoms with E-state index in [9.17, 15) is 4.79 Å². The largest absolute Gasteiger partial charge is 0.446 e. The lowest BCUT2D eigenvalue weighted by molar-refractivity contribution is 0.0998. The number of ether oxygens (including phenoxy) is 1. The standard InChI is InChI=1S/C12H11NO2S/c1-8-6-11(16-7-8)15-10-5-3-2-4-9(10)12(13)14/h2-7H,1H3,(H2,13,14). The van der Waals surface area contributed by atoms with E-state index in [0.717, 1.165) is 10.6 Å². The lowest BCUT2D eigenvalue weighted by Crippen LogP contribution is -2.11. The van der Waals surface area contributed by atoms with Gasteiger partial charge in [0, 0.05) is 0 Å². The van der Waals surface area contributed by atoms with E-state index in [1.165, 1.54) is 11.3 Å².